The van der Waals surface area contributed by atoms with Crippen LogP contribution in [0.15, 0.2) is 42.5 Å². The molecule has 0 N–H and O–H groups in total. The summed E-state index contributed by atoms with van der Waals surface area (Å²) in [4.78, 5) is 33.1. The van der Waals surface area contributed by atoms with Gasteiger partial charge in [-0.15, -0.1) is 0 Å². The van der Waals surface area contributed by atoms with Crippen molar-refractivity contribution in [3.8, 4) is 11.5 Å². The van der Waals surface area contributed by atoms with E-state index >= 15 is 0 Å². The van der Waals surface area contributed by atoms with E-state index in [0.29, 0.717) is 47.4 Å². The van der Waals surface area contributed by atoms with Crippen molar-refractivity contribution >= 4 is 44.3 Å². The molecule has 1 saturated heterocycles. The number of rotatable bonds is 6. The van der Waals surface area contributed by atoms with Gasteiger partial charge in [-0.05, 0) is 73.6 Å². The van der Waals surface area contributed by atoms with E-state index in [1.54, 1.807) is 6.92 Å². The van der Waals surface area contributed by atoms with Gasteiger partial charge in [0.1, 0.15) is 0 Å². The molecule has 9 nitrogen and oxygen atoms in total. The molecule has 0 radical (unpaired) electrons. The van der Waals surface area contributed by atoms with Gasteiger partial charge in [0, 0.05) is 18.0 Å². The Hall–Kier alpha value is -3.92. The number of benzene rings is 2. The second-order valence-corrected chi connectivity index (χ2v) is 12.5. The maximum absolute atomic E-state index is 13.6. The second-order valence-electron chi connectivity index (χ2n) is 10.3. The first-order valence-corrected chi connectivity index (χ1v) is 15.3. The summed E-state index contributed by atoms with van der Waals surface area (Å²) >= 11 is 0. The number of ether oxygens (including phenoxy) is 3. The van der Waals surface area contributed by atoms with Crippen molar-refractivity contribution in [1.29, 1.82) is 0 Å². The topological polar surface area (TPSA) is 112 Å². The Kier molecular flexibility index (Phi) is 6.95. The first-order valence-electron chi connectivity index (χ1n) is 13.5. The van der Waals surface area contributed by atoms with E-state index in [0.717, 1.165) is 35.2 Å². The fraction of sp³-hybridized carbons (Fsp3) is 0.367. The molecule has 0 saturated carbocycles. The van der Waals surface area contributed by atoms with E-state index in [9.17, 15) is 18.0 Å². The molecular weight excluding hydrogens is 532 g/mol. The van der Waals surface area contributed by atoms with E-state index in [1.807, 2.05) is 42.5 Å². The normalized spacial score (nSPS) is 19.9. The van der Waals surface area contributed by atoms with Gasteiger partial charge in [0.25, 0.3) is 5.91 Å². The lowest BCUT2D eigenvalue weighted by molar-refractivity contribution is -0.136. The molecule has 1 aromatic heterocycles. The predicted molar refractivity (Wildman–Crippen MR) is 150 cm³/mol. The third-order valence-corrected chi connectivity index (χ3v) is 9.50. The first-order chi connectivity index (χ1) is 19.3. The van der Waals surface area contributed by atoms with Gasteiger partial charge in [-0.2, -0.15) is 0 Å². The lowest BCUT2D eigenvalue weighted by Gasteiger charge is -2.27. The van der Waals surface area contributed by atoms with E-state index in [4.69, 9.17) is 19.2 Å². The number of para-hydroxylation sites is 1. The van der Waals surface area contributed by atoms with Crippen LogP contribution < -0.4 is 9.47 Å². The van der Waals surface area contributed by atoms with Gasteiger partial charge in [-0.1, -0.05) is 24.3 Å². The Morgan fingerprint density at radius 1 is 1.12 bits per heavy atom. The summed E-state index contributed by atoms with van der Waals surface area (Å²) in [6.07, 6.45) is 4.76. The average molecular weight is 563 g/mol. The minimum Gasteiger partial charge on any atom is -0.454 e. The van der Waals surface area contributed by atoms with Crippen molar-refractivity contribution in [3.05, 3.63) is 64.8 Å². The van der Waals surface area contributed by atoms with E-state index in [2.05, 4.69) is 6.08 Å². The molecule has 10 heteroatoms. The molecule has 2 aliphatic heterocycles. The number of esters is 1. The van der Waals surface area contributed by atoms with E-state index in [-0.39, 0.29) is 24.3 Å². The van der Waals surface area contributed by atoms with Crippen LogP contribution >= 0.6 is 0 Å². The Bertz CT molecular complexity index is 1650. The molecule has 1 unspecified atom stereocenters. The number of fused-ring (bicyclic) bond motifs is 3. The van der Waals surface area contributed by atoms with Gasteiger partial charge < -0.3 is 19.1 Å². The van der Waals surface area contributed by atoms with Crippen LogP contribution in [0.2, 0.25) is 0 Å². The number of hydrogen-bond acceptors (Lipinski definition) is 8. The van der Waals surface area contributed by atoms with Crippen LogP contribution in [0.25, 0.3) is 22.6 Å². The number of likely N-dealkylation sites (N-methyl/N-ethyl adjacent to an activating group) is 1. The number of nitrogens with zero attached hydrogens (tertiary/aromatic N) is 2. The third kappa shape index (κ3) is 5.03. The number of carbonyl (C=O) groups excluding carboxylic acids is 2. The van der Waals surface area contributed by atoms with Crippen molar-refractivity contribution in [2.24, 2.45) is 0 Å². The molecule has 1 fully saturated rings. The number of carbonyl (C=O) groups is 2. The van der Waals surface area contributed by atoms with Gasteiger partial charge in [0.2, 0.25) is 6.79 Å². The third-order valence-electron chi connectivity index (χ3n) is 7.75. The molecule has 2 aromatic carbocycles. The molecule has 3 aromatic rings. The number of allylic oxidation sites excluding steroid dienone is 1. The second kappa shape index (κ2) is 10.6. The standard InChI is InChI=1S/C30H30N2O7S/c1-2-32(21-12-13-40(35,36)17-21)27(33)16-37-30(34)28-22-7-3-4-9-24(22)31-29-20(6-5-8-23(28)29)14-19-10-11-25-26(15-19)39-18-38-25/h3-4,7,9-11,14-15,21H,2,5-6,8,12-13,16-18H2,1H3/b20-14-. The SMILES string of the molecule is CCN(C(=O)COC(=O)c1c2c(nc3ccccc13)/C(=C\c1ccc3c(c1)OCO3)CCC2)C1CCS(=O)(=O)C1. The van der Waals surface area contributed by atoms with Gasteiger partial charge in [0.05, 0.1) is 28.3 Å². The lowest BCUT2D eigenvalue weighted by atomic mass is 9.86. The Balaban J connectivity index is 1.30. The van der Waals surface area contributed by atoms with E-state index < -0.39 is 28.3 Å². The van der Waals surface area contributed by atoms with Crippen molar-refractivity contribution in [3.63, 3.8) is 0 Å². The zero-order valence-corrected chi connectivity index (χ0v) is 23.0. The minimum atomic E-state index is -3.15. The molecule has 1 aliphatic carbocycles. The molecule has 40 heavy (non-hydrogen) atoms. The fourth-order valence-electron chi connectivity index (χ4n) is 5.85. The van der Waals surface area contributed by atoms with Crippen LogP contribution in [-0.2, 0) is 25.8 Å². The lowest BCUT2D eigenvalue weighted by Crippen LogP contribution is -2.43. The summed E-state index contributed by atoms with van der Waals surface area (Å²) in [5, 5.41) is 0.678. The van der Waals surface area contributed by atoms with Crippen molar-refractivity contribution in [2.45, 2.75) is 38.6 Å². The smallest absolute Gasteiger partial charge is 0.339 e. The highest BCUT2D eigenvalue weighted by atomic mass is 32.2. The minimum absolute atomic E-state index is 0.0541. The summed E-state index contributed by atoms with van der Waals surface area (Å²) in [7, 11) is -3.15. The highest BCUT2D eigenvalue weighted by molar-refractivity contribution is 7.91. The summed E-state index contributed by atoms with van der Waals surface area (Å²) in [5.41, 5.74) is 4.62. The van der Waals surface area contributed by atoms with Crippen molar-refractivity contribution in [2.75, 3.05) is 31.5 Å². The van der Waals surface area contributed by atoms with Crippen LogP contribution in [0.4, 0.5) is 0 Å². The van der Waals surface area contributed by atoms with Crippen LogP contribution in [-0.4, -0.2) is 67.7 Å². The van der Waals surface area contributed by atoms with Gasteiger partial charge in [-0.3, -0.25) is 4.79 Å². The van der Waals surface area contributed by atoms with Crippen molar-refractivity contribution < 1.29 is 32.2 Å². The zero-order valence-electron chi connectivity index (χ0n) is 22.2. The first kappa shape index (κ1) is 26.3. The number of amides is 1. The molecular formula is C30H30N2O7S. The molecule has 0 bridgehead atoms. The zero-order chi connectivity index (χ0) is 27.9. The van der Waals surface area contributed by atoms with Crippen molar-refractivity contribution in [1.82, 2.24) is 9.88 Å². The number of aromatic nitrogens is 1. The Morgan fingerprint density at radius 3 is 2.75 bits per heavy atom. The summed E-state index contributed by atoms with van der Waals surface area (Å²) in [5.74, 6) is 0.449. The molecule has 3 aliphatic rings. The van der Waals surface area contributed by atoms with Gasteiger partial charge in [0.15, 0.2) is 27.9 Å². The van der Waals surface area contributed by atoms with Crippen LogP contribution in [0.1, 0.15) is 53.4 Å². The van der Waals surface area contributed by atoms with E-state index in [1.165, 1.54) is 4.90 Å². The number of sulfone groups is 1. The molecule has 0 spiro atoms. The van der Waals surface area contributed by atoms with Gasteiger partial charge >= 0.3 is 5.97 Å². The maximum Gasteiger partial charge on any atom is 0.339 e. The summed E-state index contributed by atoms with van der Waals surface area (Å²) in [6.45, 7) is 1.90. The largest absolute Gasteiger partial charge is 0.454 e. The molecule has 1 atom stereocenters. The van der Waals surface area contributed by atoms with Crippen LogP contribution in [0.3, 0.4) is 0 Å². The molecule has 6 rings (SSSR count). The van der Waals surface area contributed by atoms with Crippen LogP contribution in [0.5, 0.6) is 11.5 Å². The summed E-state index contributed by atoms with van der Waals surface area (Å²) < 4.78 is 40.4. The average Bonchev–Trinajstić information content (AvgIpc) is 3.56. The fourth-order valence-corrected chi connectivity index (χ4v) is 7.58. The maximum atomic E-state index is 13.6. The van der Waals surface area contributed by atoms with Crippen LogP contribution in [0, 0.1) is 0 Å². The number of hydrogen-bond donors (Lipinski definition) is 0. The summed E-state index contributed by atoms with van der Waals surface area (Å²) in [6, 6.07) is 12.8. The quantitative estimate of drug-likeness (QED) is 0.414. The monoisotopic (exact) mass is 562 g/mol. The Labute approximate surface area is 232 Å². The number of pyridine rings is 1. The highest BCUT2D eigenvalue weighted by Crippen LogP contribution is 2.38. The predicted octanol–water partition coefficient (Wildman–Crippen LogP) is 4.03. The highest BCUT2D eigenvalue weighted by Gasteiger charge is 2.34. The Morgan fingerprint density at radius 2 is 1.95 bits per heavy atom. The molecule has 1 amide bonds. The molecule has 208 valence electrons. The molecule has 3 heterocycles. The van der Waals surface area contributed by atoms with Gasteiger partial charge in [-0.25, -0.2) is 18.2 Å².